The molecule has 0 aliphatic heterocycles. The van der Waals surface area contributed by atoms with Crippen molar-refractivity contribution in [3.63, 3.8) is 0 Å². The van der Waals surface area contributed by atoms with Crippen LogP contribution in [0.25, 0.3) is 16.8 Å². The molecule has 0 spiro atoms. The number of fused-ring (bicyclic) bond motifs is 1. The van der Waals surface area contributed by atoms with E-state index < -0.39 is 0 Å². The van der Waals surface area contributed by atoms with Crippen molar-refractivity contribution >= 4 is 17.3 Å². The molecule has 3 nitrogen and oxygen atoms in total. The van der Waals surface area contributed by atoms with Gasteiger partial charge in [-0.05, 0) is 43.2 Å². The highest BCUT2D eigenvalue weighted by atomic mass is 32.2. The maximum Gasteiger partial charge on any atom is 0.198 e. The largest absolute Gasteiger partial charge is 0.285 e. The average Bonchev–Trinajstić information content (AvgIpc) is 2.93. The summed E-state index contributed by atoms with van der Waals surface area (Å²) >= 11 is 1.84. The first kappa shape index (κ1) is 14.3. The van der Waals surface area contributed by atoms with Crippen LogP contribution in [0.2, 0.25) is 0 Å². The van der Waals surface area contributed by atoms with E-state index in [4.69, 9.17) is 0 Å². The Morgan fingerprint density at radius 1 is 1.22 bits per heavy atom. The summed E-state index contributed by atoms with van der Waals surface area (Å²) in [7, 11) is 0. The van der Waals surface area contributed by atoms with E-state index in [1.807, 2.05) is 17.8 Å². The van der Waals surface area contributed by atoms with E-state index in [9.17, 15) is 9.65 Å². The minimum atomic E-state index is -0.365. The van der Waals surface area contributed by atoms with Gasteiger partial charge in [-0.2, -0.15) is 9.65 Å². The third-order valence-corrected chi connectivity index (χ3v) is 5.70. The monoisotopic (exact) mass is 323 g/mol. The molecule has 3 heterocycles. The Labute approximate surface area is 137 Å². The number of halogens is 1. The minimum absolute atomic E-state index is 0.365. The molecule has 0 N–H and O–H groups in total. The first-order chi connectivity index (χ1) is 11.3. The maximum absolute atomic E-state index is 14.3. The van der Waals surface area contributed by atoms with Crippen molar-refractivity contribution in [2.75, 3.05) is 0 Å². The van der Waals surface area contributed by atoms with E-state index in [1.165, 1.54) is 29.7 Å². The number of hydrogen-bond donors (Lipinski definition) is 0. The Bertz CT molecular complexity index is 922. The highest BCUT2D eigenvalue weighted by Crippen LogP contribution is 2.40. The van der Waals surface area contributed by atoms with E-state index in [1.54, 1.807) is 30.6 Å². The molecule has 4 rings (SSSR count). The number of pyridine rings is 2. The number of nitriles is 1. The highest BCUT2D eigenvalue weighted by molar-refractivity contribution is 8.00. The second-order valence-electron chi connectivity index (χ2n) is 5.66. The third kappa shape index (κ3) is 2.40. The van der Waals surface area contributed by atoms with Crippen molar-refractivity contribution in [3.05, 3.63) is 54.2 Å². The van der Waals surface area contributed by atoms with Crippen molar-refractivity contribution in [2.45, 2.75) is 29.4 Å². The zero-order valence-corrected chi connectivity index (χ0v) is 13.2. The third-order valence-electron chi connectivity index (χ3n) is 4.28. The van der Waals surface area contributed by atoms with Crippen LogP contribution in [0, 0.1) is 17.3 Å². The van der Waals surface area contributed by atoms with Crippen LogP contribution in [0.1, 0.15) is 24.8 Å². The van der Waals surface area contributed by atoms with Gasteiger partial charge in [0.15, 0.2) is 5.95 Å². The minimum Gasteiger partial charge on any atom is -0.285 e. The van der Waals surface area contributed by atoms with E-state index >= 15 is 0 Å². The first-order valence-corrected chi connectivity index (χ1v) is 8.47. The van der Waals surface area contributed by atoms with Gasteiger partial charge in [-0.1, -0.05) is 6.42 Å². The smallest absolute Gasteiger partial charge is 0.198 e. The summed E-state index contributed by atoms with van der Waals surface area (Å²) in [5, 5.41) is 9.86. The molecule has 0 aromatic carbocycles. The molecule has 1 aliphatic rings. The Hall–Kier alpha value is -2.32. The summed E-state index contributed by atoms with van der Waals surface area (Å²) in [5.41, 5.74) is 2.70. The van der Waals surface area contributed by atoms with Gasteiger partial charge in [0.25, 0.3) is 0 Å². The van der Waals surface area contributed by atoms with Crippen molar-refractivity contribution in [3.8, 4) is 17.3 Å². The van der Waals surface area contributed by atoms with Crippen LogP contribution in [0.15, 0.2) is 47.6 Å². The molecule has 1 aliphatic carbocycles. The molecular formula is C18H14FN3S. The molecule has 0 saturated heterocycles. The van der Waals surface area contributed by atoms with Gasteiger partial charge >= 0.3 is 0 Å². The Morgan fingerprint density at radius 3 is 2.83 bits per heavy atom. The Kier molecular flexibility index (Phi) is 3.55. The van der Waals surface area contributed by atoms with Gasteiger partial charge in [-0.25, -0.2) is 0 Å². The topological polar surface area (TPSA) is 41.1 Å². The molecule has 0 unspecified atom stereocenters. The zero-order chi connectivity index (χ0) is 15.8. The summed E-state index contributed by atoms with van der Waals surface area (Å²) in [6.07, 6.45) is 7.30. The molecule has 23 heavy (non-hydrogen) atoms. The van der Waals surface area contributed by atoms with Crippen LogP contribution >= 0.6 is 11.8 Å². The van der Waals surface area contributed by atoms with E-state index in [0.29, 0.717) is 16.3 Å². The summed E-state index contributed by atoms with van der Waals surface area (Å²) in [4.78, 5) is 5.34. The molecule has 0 atom stereocenters. The van der Waals surface area contributed by atoms with Gasteiger partial charge in [0.1, 0.15) is 6.07 Å². The molecule has 1 saturated carbocycles. The van der Waals surface area contributed by atoms with E-state index in [2.05, 4.69) is 11.1 Å². The highest BCUT2D eigenvalue weighted by Gasteiger charge is 2.21. The Balaban J connectivity index is 1.90. The fourth-order valence-corrected chi connectivity index (χ4v) is 4.19. The first-order valence-electron chi connectivity index (χ1n) is 7.59. The van der Waals surface area contributed by atoms with Crippen LogP contribution in [0.5, 0.6) is 0 Å². The number of aromatic nitrogens is 2. The lowest BCUT2D eigenvalue weighted by Crippen LogP contribution is -2.13. The molecule has 0 radical (unpaired) electrons. The van der Waals surface area contributed by atoms with Crippen LogP contribution in [-0.4, -0.2) is 14.6 Å². The lowest BCUT2D eigenvalue weighted by atomic mass is 10.00. The lowest BCUT2D eigenvalue weighted by molar-refractivity contribution is 0.522. The molecular weight excluding hydrogens is 309 g/mol. The fraction of sp³-hybridized carbons (Fsp3) is 0.222. The SMILES string of the molecule is N#Cc1ccc(-c2cnccc2SC2CCC2)n2c(F)ccc12. The molecule has 3 aromatic rings. The number of hydrogen-bond acceptors (Lipinski definition) is 3. The number of nitrogens with zero attached hydrogens (tertiary/aromatic N) is 3. The molecule has 3 aromatic heterocycles. The summed E-state index contributed by atoms with van der Waals surface area (Å²) in [5.74, 6) is -0.365. The molecule has 0 bridgehead atoms. The van der Waals surface area contributed by atoms with Crippen LogP contribution in [0.3, 0.4) is 0 Å². The van der Waals surface area contributed by atoms with Crippen molar-refractivity contribution in [2.24, 2.45) is 0 Å². The van der Waals surface area contributed by atoms with Gasteiger partial charge in [-0.15, -0.1) is 11.8 Å². The molecule has 5 heteroatoms. The van der Waals surface area contributed by atoms with Gasteiger partial charge < -0.3 is 0 Å². The summed E-state index contributed by atoms with van der Waals surface area (Å²) in [6.45, 7) is 0. The fourth-order valence-electron chi connectivity index (χ4n) is 2.84. The second-order valence-corrected chi connectivity index (χ2v) is 7.01. The van der Waals surface area contributed by atoms with E-state index in [0.717, 1.165) is 16.2 Å². The molecule has 114 valence electrons. The summed E-state index contributed by atoms with van der Waals surface area (Å²) in [6, 6.07) is 10.7. The predicted molar refractivity (Wildman–Crippen MR) is 88.8 cm³/mol. The number of thioether (sulfide) groups is 1. The van der Waals surface area contributed by atoms with E-state index in [-0.39, 0.29) is 5.95 Å². The maximum atomic E-state index is 14.3. The number of rotatable bonds is 3. The van der Waals surface area contributed by atoms with Gasteiger partial charge in [-0.3, -0.25) is 9.38 Å². The summed E-state index contributed by atoms with van der Waals surface area (Å²) < 4.78 is 15.8. The van der Waals surface area contributed by atoms with Crippen molar-refractivity contribution in [1.82, 2.24) is 9.38 Å². The quantitative estimate of drug-likeness (QED) is 0.704. The average molecular weight is 323 g/mol. The van der Waals surface area contributed by atoms with Gasteiger partial charge in [0, 0.05) is 28.1 Å². The second kappa shape index (κ2) is 5.71. The molecule has 1 fully saturated rings. The van der Waals surface area contributed by atoms with Crippen LogP contribution in [0.4, 0.5) is 4.39 Å². The normalized spacial score (nSPS) is 14.6. The van der Waals surface area contributed by atoms with Crippen LogP contribution < -0.4 is 0 Å². The van der Waals surface area contributed by atoms with Crippen LogP contribution in [-0.2, 0) is 0 Å². The zero-order valence-electron chi connectivity index (χ0n) is 12.4. The Morgan fingerprint density at radius 2 is 2.09 bits per heavy atom. The van der Waals surface area contributed by atoms with Gasteiger partial charge in [0.2, 0.25) is 0 Å². The lowest BCUT2D eigenvalue weighted by Gasteiger charge is -2.25. The molecule has 0 amide bonds. The standard InChI is InChI=1S/C18H14FN3S/c19-18-7-6-15-12(10-20)4-5-16(22(15)18)14-11-21-9-8-17(14)23-13-2-1-3-13/h4-9,11,13H,1-3H2. The van der Waals surface area contributed by atoms with Crippen molar-refractivity contribution in [1.29, 1.82) is 5.26 Å². The predicted octanol–water partition coefficient (Wildman–Crippen LogP) is 4.66. The van der Waals surface area contributed by atoms with Gasteiger partial charge in [0.05, 0.1) is 16.8 Å². The van der Waals surface area contributed by atoms with Crippen molar-refractivity contribution < 1.29 is 4.39 Å².